The van der Waals surface area contributed by atoms with Crippen molar-refractivity contribution in [2.45, 2.75) is 37.3 Å². The molecule has 1 aliphatic rings. The highest BCUT2D eigenvalue weighted by Gasteiger charge is 2.42. The third kappa shape index (κ3) is 1.98. The summed E-state index contributed by atoms with van der Waals surface area (Å²) in [4.78, 5) is 11.6. The quantitative estimate of drug-likeness (QED) is 0.899. The lowest BCUT2D eigenvalue weighted by Crippen LogP contribution is -2.53. The molecule has 0 radical (unpaired) electrons. The number of rotatable bonds is 3. The summed E-state index contributed by atoms with van der Waals surface area (Å²) in [5.41, 5.74) is 0.255. The van der Waals surface area contributed by atoms with E-state index in [4.69, 9.17) is 0 Å². The Kier molecular flexibility index (Phi) is 3.22. The number of fused-ring (bicyclic) bond motifs is 1. The van der Waals surface area contributed by atoms with E-state index < -0.39 is 11.5 Å². The number of aliphatic carboxylic acids is 1. The summed E-state index contributed by atoms with van der Waals surface area (Å²) >= 11 is 0. The zero-order chi connectivity index (χ0) is 14.2. The molecule has 106 valence electrons. The van der Waals surface area contributed by atoms with Crippen molar-refractivity contribution in [3.8, 4) is 0 Å². The number of nitrogens with one attached hydrogen (secondary N) is 1. The number of hydrogen-bond donors (Lipinski definition) is 2. The fourth-order valence-electron chi connectivity index (χ4n) is 3.27. The van der Waals surface area contributed by atoms with Crippen LogP contribution < -0.4 is 5.32 Å². The molecule has 1 aromatic heterocycles. The number of aromatic nitrogens is 2. The summed E-state index contributed by atoms with van der Waals surface area (Å²) in [5, 5.41) is 18.1. The second-order valence-corrected chi connectivity index (χ2v) is 5.54. The lowest BCUT2D eigenvalue weighted by molar-refractivity contribution is -0.146. The lowest BCUT2D eigenvalue weighted by Gasteiger charge is -2.37. The van der Waals surface area contributed by atoms with Crippen LogP contribution in [0.1, 0.15) is 31.7 Å². The predicted octanol–water partition coefficient (Wildman–Crippen LogP) is 2.19. The van der Waals surface area contributed by atoms with Crippen LogP contribution in [0.3, 0.4) is 0 Å². The molecule has 0 aliphatic heterocycles. The summed E-state index contributed by atoms with van der Waals surface area (Å²) < 4.78 is 1.99. The molecule has 1 aliphatic carbocycles. The van der Waals surface area contributed by atoms with E-state index in [0.29, 0.717) is 12.8 Å². The van der Waals surface area contributed by atoms with Crippen molar-refractivity contribution in [2.24, 2.45) is 0 Å². The molecule has 0 saturated heterocycles. The van der Waals surface area contributed by atoms with E-state index in [-0.39, 0.29) is 6.04 Å². The Labute approximate surface area is 117 Å². The molecule has 1 saturated carbocycles. The third-order valence-corrected chi connectivity index (χ3v) is 4.46. The molecule has 5 heteroatoms. The molecular weight excluding hydrogens is 254 g/mol. The zero-order valence-electron chi connectivity index (χ0n) is 11.5. The number of carbonyl (C=O) groups is 1. The highest BCUT2D eigenvalue weighted by atomic mass is 16.4. The van der Waals surface area contributed by atoms with Crippen molar-refractivity contribution in [3.05, 3.63) is 30.5 Å². The first-order valence-corrected chi connectivity index (χ1v) is 7.01. The van der Waals surface area contributed by atoms with Gasteiger partial charge in [-0.25, -0.2) is 0 Å². The minimum absolute atomic E-state index is 0.132. The second kappa shape index (κ2) is 4.90. The van der Waals surface area contributed by atoms with Crippen LogP contribution in [0.5, 0.6) is 0 Å². The van der Waals surface area contributed by atoms with Crippen LogP contribution in [0, 0.1) is 0 Å². The van der Waals surface area contributed by atoms with Crippen LogP contribution in [-0.2, 0) is 4.79 Å². The standard InChI is InChI=1S/C15H19N3O2/c1-16-15(14(19)20)8-4-6-12(9-15)18-13-7-3-2-5-11(13)10-17-18/h2-3,5,7,10,12,16H,4,6,8-9H2,1H3,(H,19,20). The van der Waals surface area contributed by atoms with Crippen LogP contribution in [0.4, 0.5) is 0 Å². The summed E-state index contributed by atoms with van der Waals surface area (Å²) in [6, 6.07) is 8.19. The van der Waals surface area contributed by atoms with Gasteiger partial charge in [0.25, 0.3) is 0 Å². The molecule has 2 aromatic rings. The van der Waals surface area contributed by atoms with Crippen LogP contribution in [0.15, 0.2) is 30.5 Å². The van der Waals surface area contributed by atoms with Crippen molar-refractivity contribution in [1.29, 1.82) is 0 Å². The maximum Gasteiger partial charge on any atom is 0.323 e. The average Bonchev–Trinajstić information content (AvgIpc) is 2.91. The summed E-state index contributed by atoms with van der Waals surface area (Å²) in [6.07, 6.45) is 4.97. The van der Waals surface area contributed by atoms with Crippen molar-refractivity contribution < 1.29 is 9.90 Å². The number of nitrogens with zero attached hydrogens (tertiary/aromatic N) is 2. The SMILES string of the molecule is CNC1(C(=O)O)CCCC(n2ncc3ccccc32)C1. The summed E-state index contributed by atoms with van der Waals surface area (Å²) in [6.45, 7) is 0. The van der Waals surface area contributed by atoms with Gasteiger partial charge < -0.3 is 10.4 Å². The number of hydrogen-bond acceptors (Lipinski definition) is 3. The van der Waals surface area contributed by atoms with Crippen LogP contribution in [-0.4, -0.2) is 33.4 Å². The van der Waals surface area contributed by atoms with Crippen LogP contribution in [0.2, 0.25) is 0 Å². The molecule has 20 heavy (non-hydrogen) atoms. The molecule has 0 amide bonds. The third-order valence-electron chi connectivity index (χ3n) is 4.46. The van der Waals surface area contributed by atoms with E-state index in [1.54, 1.807) is 7.05 Å². The Morgan fingerprint density at radius 1 is 1.50 bits per heavy atom. The van der Waals surface area contributed by atoms with E-state index in [0.717, 1.165) is 23.7 Å². The monoisotopic (exact) mass is 273 g/mol. The fourth-order valence-corrected chi connectivity index (χ4v) is 3.27. The number of carboxylic acids is 1. The molecule has 1 aromatic carbocycles. The Bertz CT molecular complexity index is 637. The van der Waals surface area contributed by atoms with Crippen molar-refractivity contribution >= 4 is 16.9 Å². The van der Waals surface area contributed by atoms with Gasteiger partial charge >= 0.3 is 5.97 Å². The average molecular weight is 273 g/mol. The predicted molar refractivity (Wildman–Crippen MR) is 76.7 cm³/mol. The first kappa shape index (κ1) is 13.1. The van der Waals surface area contributed by atoms with Gasteiger partial charge in [0.1, 0.15) is 5.54 Å². The minimum Gasteiger partial charge on any atom is -0.480 e. The molecule has 1 heterocycles. The molecule has 3 rings (SSSR count). The number of carboxylic acid groups (broad SMARTS) is 1. The molecule has 2 unspecified atom stereocenters. The summed E-state index contributed by atoms with van der Waals surface area (Å²) in [5.74, 6) is -0.763. The normalized spacial score (nSPS) is 26.8. The Hall–Kier alpha value is -1.88. The molecule has 1 fully saturated rings. The van der Waals surface area contributed by atoms with Crippen LogP contribution in [0.25, 0.3) is 10.9 Å². The van der Waals surface area contributed by atoms with Crippen molar-refractivity contribution in [3.63, 3.8) is 0 Å². The van der Waals surface area contributed by atoms with Crippen LogP contribution >= 0.6 is 0 Å². The first-order chi connectivity index (χ1) is 9.66. The molecular formula is C15H19N3O2. The van der Waals surface area contributed by atoms with Gasteiger partial charge in [0.2, 0.25) is 0 Å². The highest BCUT2D eigenvalue weighted by molar-refractivity contribution is 5.80. The fraction of sp³-hybridized carbons (Fsp3) is 0.467. The number of para-hydroxylation sites is 1. The largest absolute Gasteiger partial charge is 0.480 e. The Morgan fingerprint density at radius 2 is 2.30 bits per heavy atom. The molecule has 0 spiro atoms. The van der Waals surface area contributed by atoms with Gasteiger partial charge in [0.05, 0.1) is 17.8 Å². The van der Waals surface area contributed by atoms with E-state index in [1.165, 1.54) is 0 Å². The van der Waals surface area contributed by atoms with Gasteiger partial charge in [-0.1, -0.05) is 18.2 Å². The maximum atomic E-state index is 11.6. The van der Waals surface area contributed by atoms with Gasteiger partial charge in [0.15, 0.2) is 0 Å². The van der Waals surface area contributed by atoms with E-state index >= 15 is 0 Å². The topological polar surface area (TPSA) is 67.2 Å². The number of benzene rings is 1. The molecule has 2 N–H and O–H groups in total. The van der Waals surface area contributed by atoms with Gasteiger partial charge in [-0.2, -0.15) is 5.10 Å². The van der Waals surface area contributed by atoms with E-state index in [1.807, 2.05) is 35.1 Å². The van der Waals surface area contributed by atoms with Gasteiger partial charge in [0, 0.05) is 5.39 Å². The van der Waals surface area contributed by atoms with Crippen molar-refractivity contribution in [2.75, 3.05) is 7.05 Å². The Morgan fingerprint density at radius 3 is 3.05 bits per heavy atom. The van der Waals surface area contributed by atoms with E-state index in [9.17, 15) is 9.90 Å². The van der Waals surface area contributed by atoms with Gasteiger partial charge in [-0.15, -0.1) is 0 Å². The second-order valence-electron chi connectivity index (χ2n) is 5.54. The number of likely N-dealkylation sites (N-methyl/N-ethyl adjacent to an activating group) is 1. The van der Waals surface area contributed by atoms with Gasteiger partial charge in [-0.3, -0.25) is 9.48 Å². The zero-order valence-corrected chi connectivity index (χ0v) is 11.5. The molecule has 5 nitrogen and oxygen atoms in total. The van der Waals surface area contributed by atoms with Gasteiger partial charge in [-0.05, 0) is 38.8 Å². The Balaban J connectivity index is 1.96. The maximum absolute atomic E-state index is 11.6. The van der Waals surface area contributed by atoms with Crippen molar-refractivity contribution in [1.82, 2.24) is 15.1 Å². The minimum atomic E-state index is -0.823. The van der Waals surface area contributed by atoms with E-state index in [2.05, 4.69) is 10.4 Å². The highest BCUT2D eigenvalue weighted by Crippen LogP contribution is 2.36. The summed E-state index contributed by atoms with van der Waals surface area (Å²) in [7, 11) is 1.73. The smallest absolute Gasteiger partial charge is 0.323 e. The first-order valence-electron chi connectivity index (χ1n) is 7.01. The molecule has 2 atom stereocenters. The lowest BCUT2D eigenvalue weighted by atomic mass is 9.79. The molecule has 0 bridgehead atoms.